The number of rotatable bonds is 8. The zero-order chi connectivity index (χ0) is 21.1. The van der Waals surface area contributed by atoms with Crippen molar-refractivity contribution in [1.82, 2.24) is 13.9 Å². The summed E-state index contributed by atoms with van der Waals surface area (Å²) >= 11 is 0. The van der Waals surface area contributed by atoms with Crippen molar-refractivity contribution >= 4 is 21.8 Å². The molecule has 0 spiro atoms. The van der Waals surface area contributed by atoms with Crippen LogP contribution in [0.15, 0.2) is 29.3 Å². The van der Waals surface area contributed by atoms with Gasteiger partial charge in [0.1, 0.15) is 30.0 Å². The smallest absolute Gasteiger partial charge is 0.342 e. The number of ether oxygens (including phenoxy) is 2. The molecular weight excluding hydrogens is 392 g/mol. The number of esters is 1. The van der Waals surface area contributed by atoms with E-state index < -0.39 is 20.9 Å². The van der Waals surface area contributed by atoms with Crippen molar-refractivity contribution in [2.75, 3.05) is 27.8 Å². The zero-order valence-electron chi connectivity index (χ0n) is 15.8. The molecule has 28 heavy (non-hydrogen) atoms. The van der Waals surface area contributed by atoms with E-state index in [1.807, 2.05) is 0 Å². The van der Waals surface area contributed by atoms with Crippen LogP contribution < -0.4 is 4.74 Å². The number of hydrogen-bond donors (Lipinski definition) is 0. The number of nitro groups is 1. The summed E-state index contributed by atoms with van der Waals surface area (Å²) < 4.78 is 37.3. The third-order valence-corrected chi connectivity index (χ3v) is 5.76. The van der Waals surface area contributed by atoms with E-state index in [2.05, 4.69) is 4.98 Å². The summed E-state index contributed by atoms with van der Waals surface area (Å²) in [5, 5.41) is 11.0. The highest BCUT2D eigenvalue weighted by Crippen LogP contribution is 2.27. The van der Waals surface area contributed by atoms with Crippen molar-refractivity contribution in [2.24, 2.45) is 0 Å². The van der Waals surface area contributed by atoms with Crippen LogP contribution in [0.1, 0.15) is 16.2 Å². The van der Waals surface area contributed by atoms with Gasteiger partial charge in [-0.25, -0.2) is 27.1 Å². The molecule has 2 rings (SSSR count). The fraction of sp³-hybridized carbons (Fsp3) is 0.375. The Labute approximate surface area is 161 Å². The second-order valence-corrected chi connectivity index (χ2v) is 7.98. The second kappa shape index (κ2) is 8.35. The molecule has 1 aromatic carbocycles. The van der Waals surface area contributed by atoms with E-state index in [9.17, 15) is 23.3 Å². The molecule has 0 saturated heterocycles. The first-order chi connectivity index (χ1) is 13.1. The number of aryl methyl sites for hydroxylation is 1. The molecule has 0 unspecified atom stereocenters. The van der Waals surface area contributed by atoms with Crippen LogP contribution >= 0.6 is 0 Å². The lowest BCUT2D eigenvalue weighted by Crippen LogP contribution is -2.23. The topological polar surface area (TPSA) is 134 Å². The SMILES string of the molecule is COc1ccc(C(=O)OCCn2c([N+](=O)[O-])cnc2C)cc1S(=O)(=O)N(C)C. The van der Waals surface area contributed by atoms with Gasteiger partial charge in [0.2, 0.25) is 10.0 Å². The van der Waals surface area contributed by atoms with Crippen molar-refractivity contribution in [3.63, 3.8) is 0 Å². The maximum Gasteiger partial charge on any atom is 0.342 e. The van der Waals surface area contributed by atoms with Crippen LogP contribution in [0, 0.1) is 17.0 Å². The number of benzene rings is 1. The van der Waals surface area contributed by atoms with Crippen molar-refractivity contribution in [2.45, 2.75) is 18.4 Å². The first-order valence-electron chi connectivity index (χ1n) is 8.03. The fourth-order valence-corrected chi connectivity index (χ4v) is 3.47. The molecule has 11 nitrogen and oxygen atoms in total. The molecular formula is C16H20N4O7S. The van der Waals surface area contributed by atoms with E-state index in [1.165, 1.54) is 44.0 Å². The predicted molar refractivity (Wildman–Crippen MR) is 97.8 cm³/mol. The Bertz CT molecular complexity index is 998. The van der Waals surface area contributed by atoms with Crippen LogP contribution in [0.25, 0.3) is 0 Å². The number of sulfonamides is 1. The Morgan fingerprint density at radius 2 is 2.04 bits per heavy atom. The van der Waals surface area contributed by atoms with E-state index in [1.54, 1.807) is 6.92 Å². The van der Waals surface area contributed by atoms with Crippen molar-refractivity contribution < 1.29 is 27.6 Å². The minimum atomic E-state index is -3.84. The van der Waals surface area contributed by atoms with Crippen LogP contribution in [0.5, 0.6) is 5.75 Å². The molecule has 0 fully saturated rings. The van der Waals surface area contributed by atoms with Crippen LogP contribution in [0.2, 0.25) is 0 Å². The average molecular weight is 412 g/mol. The van der Waals surface area contributed by atoms with Crippen molar-refractivity contribution in [1.29, 1.82) is 0 Å². The summed E-state index contributed by atoms with van der Waals surface area (Å²) in [5.74, 6) is -0.475. The highest BCUT2D eigenvalue weighted by atomic mass is 32.2. The van der Waals surface area contributed by atoms with Gasteiger partial charge in [-0.15, -0.1) is 0 Å². The highest BCUT2D eigenvalue weighted by Gasteiger charge is 2.24. The Kier molecular flexibility index (Phi) is 6.36. The summed E-state index contributed by atoms with van der Waals surface area (Å²) in [7, 11) is 0.205. The lowest BCUT2D eigenvalue weighted by atomic mass is 10.2. The van der Waals surface area contributed by atoms with Crippen LogP contribution in [-0.4, -0.2) is 61.0 Å². The summed E-state index contributed by atoms with van der Waals surface area (Å²) in [4.78, 5) is 26.4. The number of carbonyl (C=O) groups is 1. The Morgan fingerprint density at radius 1 is 1.36 bits per heavy atom. The maximum absolute atomic E-state index is 12.4. The first-order valence-corrected chi connectivity index (χ1v) is 9.47. The van der Waals surface area contributed by atoms with Gasteiger partial charge in [0.15, 0.2) is 5.82 Å². The monoisotopic (exact) mass is 412 g/mol. The molecule has 12 heteroatoms. The van der Waals surface area contributed by atoms with E-state index in [0.717, 1.165) is 10.5 Å². The summed E-state index contributed by atoms with van der Waals surface area (Å²) in [5.41, 5.74) is 0.0121. The second-order valence-electron chi connectivity index (χ2n) is 5.86. The molecule has 0 bridgehead atoms. The van der Waals surface area contributed by atoms with Crippen LogP contribution in [0.4, 0.5) is 5.82 Å². The van der Waals surface area contributed by atoms with Crippen molar-refractivity contribution in [3.05, 3.63) is 45.9 Å². The number of imidazole rings is 1. The van der Waals surface area contributed by atoms with Gasteiger partial charge in [0.05, 0.1) is 12.7 Å². The standard InChI is InChI=1S/C16H20N4O7S/c1-11-17-10-15(20(22)23)19(11)7-8-27-16(21)12-5-6-13(26-4)14(9-12)28(24,25)18(2)3/h5-6,9-10H,7-8H2,1-4H3. The summed E-state index contributed by atoms with van der Waals surface area (Å²) in [6.45, 7) is 1.47. The Hall–Kier alpha value is -2.99. The molecule has 0 amide bonds. The molecule has 0 atom stereocenters. The molecule has 1 heterocycles. The summed E-state index contributed by atoms with van der Waals surface area (Å²) in [6, 6.07) is 3.90. The van der Waals surface area contributed by atoms with Crippen LogP contribution in [0.3, 0.4) is 0 Å². The molecule has 0 saturated carbocycles. The van der Waals surface area contributed by atoms with Gasteiger partial charge in [-0.3, -0.25) is 0 Å². The molecule has 2 aromatic rings. The molecule has 1 aromatic heterocycles. The van der Waals surface area contributed by atoms with Gasteiger partial charge >= 0.3 is 11.8 Å². The number of methoxy groups -OCH3 is 1. The minimum Gasteiger partial charge on any atom is -0.495 e. The fourth-order valence-electron chi connectivity index (χ4n) is 2.39. The van der Waals surface area contributed by atoms with Crippen LogP contribution in [-0.2, 0) is 21.3 Å². The van der Waals surface area contributed by atoms with E-state index >= 15 is 0 Å². The zero-order valence-corrected chi connectivity index (χ0v) is 16.6. The van der Waals surface area contributed by atoms with Gasteiger partial charge in [-0.05, 0) is 23.1 Å². The maximum atomic E-state index is 12.4. The highest BCUT2D eigenvalue weighted by molar-refractivity contribution is 7.89. The number of carbonyl (C=O) groups excluding carboxylic acids is 1. The van der Waals surface area contributed by atoms with Gasteiger partial charge < -0.3 is 19.6 Å². The normalized spacial score (nSPS) is 11.5. The summed E-state index contributed by atoms with van der Waals surface area (Å²) in [6.07, 6.45) is 1.12. The quantitative estimate of drug-likeness (QED) is 0.359. The van der Waals surface area contributed by atoms with Gasteiger partial charge in [0, 0.05) is 21.0 Å². The number of aromatic nitrogens is 2. The van der Waals surface area contributed by atoms with Gasteiger partial charge in [0.25, 0.3) is 0 Å². The Morgan fingerprint density at radius 3 is 2.61 bits per heavy atom. The molecule has 0 aliphatic carbocycles. The van der Waals surface area contributed by atoms with E-state index in [4.69, 9.17) is 9.47 Å². The van der Waals surface area contributed by atoms with E-state index in [0.29, 0.717) is 5.82 Å². The molecule has 0 N–H and O–H groups in total. The average Bonchev–Trinajstić information content (AvgIpc) is 3.01. The Balaban J connectivity index is 2.17. The van der Waals surface area contributed by atoms with Crippen molar-refractivity contribution in [3.8, 4) is 5.75 Å². The molecule has 0 radical (unpaired) electrons. The number of nitrogens with zero attached hydrogens (tertiary/aromatic N) is 4. The minimum absolute atomic E-state index is 0.0121. The molecule has 0 aliphatic heterocycles. The first kappa shape index (κ1) is 21.3. The third kappa shape index (κ3) is 4.28. The van der Waals surface area contributed by atoms with E-state index in [-0.39, 0.29) is 35.2 Å². The lowest BCUT2D eigenvalue weighted by molar-refractivity contribution is -0.392. The predicted octanol–water partition coefficient (Wildman–Crippen LogP) is 1.22. The van der Waals surface area contributed by atoms with Gasteiger partial charge in [-0.1, -0.05) is 0 Å². The third-order valence-electron chi connectivity index (χ3n) is 3.93. The van der Waals surface area contributed by atoms with Gasteiger partial charge in [-0.2, -0.15) is 0 Å². The number of hydrogen-bond acceptors (Lipinski definition) is 8. The lowest BCUT2D eigenvalue weighted by Gasteiger charge is -2.15. The molecule has 152 valence electrons. The molecule has 0 aliphatic rings. The largest absolute Gasteiger partial charge is 0.495 e.